The summed E-state index contributed by atoms with van der Waals surface area (Å²) in [6.45, 7) is 0. The van der Waals surface area contributed by atoms with Gasteiger partial charge in [0.1, 0.15) is 16.5 Å². The number of nitrogens with two attached hydrogens (primary N) is 1. The summed E-state index contributed by atoms with van der Waals surface area (Å²) in [6, 6.07) is 1.15. The van der Waals surface area contributed by atoms with E-state index in [-0.39, 0.29) is 22.6 Å². The predicted octanol–water partition coefficient (Wildman–Crippen LogP) is 2.37. The van der Waals surface area contributed by atoms with E-state index in [0.717, 1.165) is 18.9 Å². The number of halogens is 3. The monoisotopic (exact) mass is 380 g/mol. The average Bonchev–Trinajstić information content (AvgIpc) is 2.61. The van der Waals surface area contributed by atoms with Crippen LogP contribution in [-0.4, -0.2) is 30.8 Å². The normalized spacial score (nSPS) is 29.8. The molecular formula is C13H15BrF2N2O2S. The van der Waals surface area contributed by atoms with Gasteiger partial charge in [-0.2, -0.15) is 4.31 Å². The maximum Gasteiger partial charge on any atom is 0.247 e. The van der Waals surface area contributed by atoms with Crippen molar-refractivity contribution in [2.75, 3.05) is 0 Å². The van der Waals surface area contributed by atoms with Crippen LogP contribution >= 0.6 is 15.9 Å². The molecule has 21 heavy (non-hydrogen) atoms. The number of fused-ring (bicyclic) bond motifs is 2. The molecule has 8 heteroatoms. The van der Waals surface area contributed by atoms with Crippen LogP contribution in [0.3, 0.4) is 0 Å². The van der Waals surface area contributed by atoms with Crippen molar-refractivity contribution in [3.8, 4) is 0 Å². The fraction of sp³-hybridized carbons (Fsp3) is 0.538. The van der Waals surface area contributed by atoms with Crippen LogP contribution in [-0.2, 0) is 10.0 Å². The van der Waals surface area contributed by atoms with Gasteiger partial charge in [0.15, 0.2) is 0 Å². The summed E-state index contributed by atoms with van der Waals surface area (Å²) in [6.07, 6.45) is 2.63. The standard InChI is InChI=1S/C13H15BrF2N2O2S/c14-11-3-7(15)4-12(16)13(11)21(19,20)18-9-1-2-10(18)6-8(17)5-9/h3-4,8-10H,1-2,5-6,17H2. The van der Waals surface area contributed by atoms with E-state index in [0.29, 0.717) is 18.9 Å². The Bertz CT molecular complexity index is 646. The first-order valence-electron chi connectivity index (χ1n) is 6.74. The Morgan fingerprint density at radius 1 is 1.19 bits per heavy atom. The number of rotatable bonds is 2. The minimum Gasteiger partial charge on any atom is -0.328 e. The van der Waals surface area contributed by atoms with Gasteiger partial charge in [0.05, 0.1) is 0 Å². The van der Waals surface area contributed by atoms with Crippen LogP contribution in [0, 0.1) is 11.6 Å². The van der Waals surface area contributed by atoms with Crippen molar-refractivity contribution in [3.05, 3.63) is 28.2 Å². The molecule has 1 aromatic rings. The molecule has 2 bridgehead atoms. The van der Waals surface area contributed by atoms with Crippen LogP contribution in [0.2, 0.25) is 0 Å². The van der Waals surface area contributed by atoms with Gasteiger partial charge in [0.25, 0.3) is 0 Å². The lowest BCUT2D eigenvalue weighted by Crippen LogP contribution is -2.50. The third-order valence-electron chi connectivity index (χ3n) is 4.20. The van der Waals surface area contributed by atoms with Gasteiger partial charge in [-0.1, -0.05) is 0 Å². The second kappa shape index (κ2) is 5.26. The van der Waals surface area contributed by atoms with E-state index in [2.05, 4.69) is 15.9 Å². The summed E-state index contributed by atoms with van der Waals surface area (Å²) in [4.78, 5) is -0.490. The van der Waals surface area contributed by atoms with E-state index >= 15 is 0 Å². The molecular weight excluding hydrogens is 366 g/mol. The van der Waals surface area contributed by atoms with Crippen molar-refractivity contribution in [1.29, 1.82) is 0 Å². The number of piperidine rings is 1. The zero-order valence-corrected chi connectivity index (χ0v) is 13.5. The summed E-state index contributed by atoms with van der Waals surface area (Å²) in [5.41, 5.74) is 5.92. The Labute approximate surface area is 130 Å². The van der Waals surface area contributed by atoms with Crippen molar-refractivity contribution in [3.63, 3.8) is 0 Å². The highest BCUT2D eigenvalue weighted by atomic mass is 79.9. The van der Waals surface area contributed by atoms with Crippen molar-refractivity contribution < 1.29 is 17.2 Å². The van der Waals surface area contributed by atoms with Gasteiger partial charge in [0, 0.05) is 28.7 Å². The molecule has 4 nitrogen and oxygen atoms in total. The number of nitrogens with zero attached hydrogens (tertiary/aromatic N) is 1. The molecule has 2 heterocycles. The van der Waals surface area contributed by atoms with Gasteiger partial charge in [-0.25, -0.2) is 17.2 Å². The molecule has 2 fully saturated rings. The van der Waals surface area contributed by atoms with Crippen molar-refractivity contribution >= 4 is 26.0 Å². The predicted molar refractivity (Wildman–Crippen MR) is 77.1 cm³/mol. The fourth-order valence-corrected chi connectivity index (χ4v) is 6.46. The van der Waals surface area contributed by atoms with E-state index in [1.54, 1.807) is 0 Å². The summed E-state index contributed by atoms with van der Waals surface area (Å²) >= 11 is 2.96. The lowest BCUT2D eigenvalue weighted by Gasteiger charge is -2.36. The molecule has 3 rings (SSSR count). The van der Waals surface area contributed by atoms with E-state index in [4.69, 9.17) is 5.73 Å². The number of hydrogen-bond acceptors (Lipinski definition) is 3. The molecule has 1 aromatic carbocycles. The van der Waals surface area contributed by atoms with Crippen LogP contribution in [0.5, 0.6) is 0 Å². The second-order valence-corrected chi connectivity index (χ2v) is 8.28. The van der Waals surface area contributed by atoms with Gasteiger partial charge < -0.3 is 5.73 Å². The zero-order chi connectivity index (χ0) is 15.4. The third kappa shape index (κ3) is 2.52. The lowest BCUT2D eigenvalue weighted by atomic mass is 10.0. The number of sulfonamides is 1. The van der Waals surface area contributed by atoms with Gasteiger partial charge in [-0.3, -0.25) is 0 Å². The Balaban J connectivity index is 2.06. The van der Waals surface area contributed by atoms with Gasteiger partial charge in [-0.05, 0) is 47.7 Å². The SMILES string of the molecule is NC1CC2CCC(C1)N2S(=O)(=O)c1c(F)cc(F)cc1Br. The maximum absolute atomic E-state index is 14.0. The summed E-state index contributed by atoms with van der Waals surface area (Å²) in [5, 5.41) is 0. The molecule has 116 valence electrons. The van der Waals surface area contributed by atoms with Crippen molar-refractivity contribution in [2.45, 2.75) is 48.7 Å². The number of hydrogen-bond donors (Lipinski definition) is 1. The molecule has 2 aliphatic heterocycles. The molecule has 2 saturated heterocycles. The third-order valence-corrected chi connectivity index (χ3v) is 7.17. The molecule has 0 aliphatic carbocycles. The van der Waals surface area contributed by atoms with Crippen LogP contribution in [0.1, 0.15) is 25.7 Å². The first-order chi connectivity index (χ1) is 9.80. The van der Waals surface area contributed by atoms with Crippen LogP contribution in [0.25, 0.3) is 0 Å². The van der Waals surface area contributed by atoms with Gasteiger partial charge in [0.2, 0.25) is 10.0 Å². The van der Waals surface area contributed by atoms with Crippen molar-refractivity contribution in [1.82, 2.24) is 4.31 Å². The molecule has 0 spiro atoms. The Morgan fingerprint density at radius 2 is 1.76 bits per heavy atom. The van der Waals surface area contributed by atoms with E-state index < -0.39 is 26.6 Å². The molecule has 2 atom stereocenters. The fourth-order valence-electron chi connectivity index (χ4n) is 3.45. The van der Waals surface area contributed by atoms with E-state index in [1.807, 2.05) is 0 Å². The molecule has 0 saturated carbocycles. The zero-order valence-electron chi connectivity index (χ0n) is 11.1. The first-order valence-corrected chi connectivity index (χ1v) is 8.97. The lowest BCUT2D eigenvalue weighted by molar-refractivity contribution is 0.226. The van der Waals surface area contributed by atoms with Gasteiger partial charge >= 0.3 is 0 Å². The Hall–Kier alpha value is -0.570. The highest BCUT2D eigenvalue weighted by molar-refractivity contribution is 9.10. The second-order valence-electron chi connectivity index (χ2n) is 5.65. The summed E-state index contributed by atoms with van der Waals surface area (Å²) in [7, 11) is -4.01. The quantitative estimate of drug-likeness (QED) is 0.856. The maximum atomic E-state index is 14.0. The topological polar surface area (TPSA) is 63.4 Å². The van der Waals surface area contributed by atoms with E-state index in [9.17, 15) is 17.2 Å². The summed E-state index contributed by atoms with van der Waals surface area (Å²) < 4.78 is 54.1. The Morgan fingerprint density at radius 3 is 2.29 bits per heavy atom. The molecule has 2 unspecified atom stereocenters. The highest BCUT2D eigenvalue weighted by Gasteiger charge is 2.47. The smallest absolute Gasteiger partial charge is 0.247 e. The van der Waals surface area contributed by atoms with E-state index in [1.165, 1.54) is 4.31 Å². The summed E-state index contributed by atoms with van der Waals surface area (Å²) in [5.74, 6) is -1.89. The average molecular weight is 381 g/mol. The van der Waals surface area contributed by atoms with Crippen LogP contribution in [0.4, 0.5) is 8.78 Å². The van der Waals surface area contributed by atoms with Crippen LogP contribution in [0.15, 0.2) is 21.5 Å². The molecule has 2 aliphatic rings. The molecule has 0 amide bonds. The molecule has 0 radical (unpaired) electrons. The minimum atomic E-state index is -4.01. The first kappa shape index (κ1) is 15.3. The molecule has 2 N–H and O–H groups in total. The largest absolute Gasteiger partial charge is 0.328 e. The Kier molecular flexibility index (Phi) is 3.84. The van der Waals surface area contributed by atoms with Crippen LogP contribution < -0.4 is 5.73 Å². The van der Waals surface area contributed by atoms with Crippen molar-refractivity contribution in [2.24, 2.45) is 5.73 Å². The highest BCUT2D eigenvalue weighted by Crippen LogP contribution is 2.41. The number of benzene rings is 1. The molecule has 0 aromatic heterocycles. The van der Waals surface area contributed by atoms with Gasteiger partial charge in [-0.15, -0.1) is 0 Å². The minimum absolute atomic E-state index is 0.0181.